The third-order valence-electron chi connectivity index (χ3n) is 1.41. The van der Waals surface area contributed by atoms with Gasteiger partial charge in [-0.2, -0.15) is 0 Å². The molecule has 6 heteroatoms. The van der Waals surface area contributed by atoms with Crippen LogP contribution in [0.5, 0.6) is 0 Å². The first-order chi connectivity index (χ1) is 5.65. The van der Waals surface area contributed by atoms with E-state index in [2.05, 4.69) is 0 Å². The maximum atomic E-state index is 10.2. The summed E-state index contributed by atoms with van der Waals surface area (Å²) in [5.41, 5.74) is 10.7. The summed E-state index contributed by atoms with van der Waals surface area (Å²) in [4.78, 5) is 9.55. The number of nitrogens with zero attached hydrogens (tertiary/aromatic N) is 1. The fourth-order valence-electron chi connectivity index (χ4n) is 0.756. The molecule has 0 aliphatic carbocycles. The second kappa shape index (κ2) is 3.33. The lowest BCUT2D eigenvalue weighted by Crippen LogP contribution is -2.19. The van der Waals surface area contributed by atoms with Crippen molar-refractivity contribution >= 4 is 5.88 Å². The molecule has 0 aliphatic rings. The SMILES string of the molecule is NC[C@@H](N)c1ccc([N+](=O)[O-])o1. The zero-order valence-corrected chi connectivity index (χ0v) is 6.27. The van der Waals surface area contributed by atoms with E-state index in [0.717, 1.165) is 0 Å². The molecule has 12 heavy (non-hydrogen) atoms. The Labute approximate surface area is 68.3 Å². The Morgan fingerprint density at radius 3 is 2.75 bits per heavy atom. The predicted octanol–water partition coefficient (Wildman–Crippen LogP) is 0.146. The molecule has 0 amide bonds. The Bertz CT molecular complexity index is 283. The smallest absolute Gasteiger partial charge is 0.404 e. The van der Waals surface area contributed by atoms with Crippen LogP contribution in [0.4, 0.5) is 5.88 Å². The lowest BCUT2D eigenvalue weighted by Gasteiger charge is -2.01. The predicted molar refractivity (Wildman–Crippen MR) is 41.3 cm³/mol. The van der Waals surface area contributed by atoms with Gasteiger partial charge in [0.05, 0.1) is 12.1 Å². The van der Waals surface area contributed by atoms with Crippen LogP contribution in [0.3, 0.4) is 0 Å². The van der Waals surface area contributed by atoms with Gasteiger partial charge in [-0.3, -0.25) is 10.1 Å². The van der Waals surface area contributed by atoms with Crippen LogP contribution < -0.4 is 11.5 Å². The van der Waals surface area contributed by atoms with Crippen molar-refractivity contribution in [3.05, 3.63) is 28.0 Å². The monoisotopic (exact) mass is 171 g/mol. The standard InChI is InChI=1S/C6H9N3O3/c7-3-4(8)5-1-2-6(12-5)9(10)11/h1-2,4H,3,7-8H2/t4-/m1/s1. The van der Waals surface area contributed by atoms with Crippen molar-refractivity contribution in [2.75, 3.05) is 6.54 Å². The van der Waals surface area contributed by atoms with Crippen molar-refractivity contribution in [2.45, 2.75) is 6.04 Å². The molecule has 0 saturated heterocycles. The molecule has 1 aromatic rings. The van der Waals surface area contributed by atoms with Gasteiger partial charge in [-0.15, -0.1) is 0 Å². The van der Waals surface area contributed by atoms with Gasteiger partial charge in [0, 0.05) is 6.54 Å². The van der Waals surface area contributed by atoms with Crippen LogP contribution in [-0.2, 0) is 0 Å². The van der Waals surface area contributed by atoms with E-state index < -0.39 is 11.0 Å². The summed E-state index contributed by atoms with van der Waals surface area (Å²) in [6.45, 7) is 0.199. The molecule has 4 N–H and O–H groups in total. The van der Waals surface area contributed by atoms with E-state index in [0.29, 0.717) is 5.76 Å². The molecule has 0 aliphatic heterocycles. The first-order valence-corrected chi connectivity index (χ1v) is 3.35. The molecule has 1 aromatic heterocycles. The molecule has 0 spiro atoms. The summed E-state index contributed by atoms with van der Waals surface area (Å²) in [7, 11) is 0. The minimum absolute atomic E-state index is 0.199. The average Bonchev–Trinajstić information content (AvgIpc) is 2.51. The quantitative estimate of drug-likeness (QED) is 0.496. The van der Waals surface area contributed by atoms with Crippen molar-refractivity contribution in [3.8, 4) is 0 Å². The molecule has 1 atom stereocenters. The van der Waals surface area contributed by atoms with E-state index in [4.69, 9.17) is 15.9 Å². The van der Waals surface area contributed by atoms with Gasteiger partial charge in [0.15, 0.2) is 0 Å². The highest BCUT2D eigenvalue weighted by molar-refractivity contribution is 5.19. The Balaban J connectivity index is 2.84. The van der Waals surface area contributed by atoms with Gasteiger partial charge >= 0.3 is 5.88 Å². The fourth-order valence-corrected chi connectivity index (χ4v) is 0.756. The minimum Gasteiger partial charge on any atom is -0.404 e. The van der Waals surface area contributed by atoms with E-state index in [-0.39, 0.29) is 12.4 Å². The molecule has 0 aromatic carbocycles. The fraction of sp³-hybridized carbons (Fsp3) is 0.333. The molecular weight excluding hydrogens is 162 g/mol. The largest absolute Gasteiger partial charge is 0.433 e. The van der Waals surface area contributed by atoms with Crippen LogP contribution in [0.25, 0.3) is 0 Å². The first kappa shape index (κ1) is 8.69. The summed E-state index contributed by atoms with van der Waals surface area (Å²) in [6.07, 6.45) is 0. The molecule has 0 radical (unpaired) electrons. The lowest BCUT2D eigenvalue weighted by molar-refractivity contribution is -0.402. The van der Waals surface area contributed by atoms with Crippen LogP contribution in [0, 0.1) is 10.1 Å². The molecule has 0 bridgehead atoms. The molecule has 1 heterocycles. The molecule has 0 fully saturated rings. The summed E-state index contributed by atoms with van der Waals surface area (Å²) in [5, 5.41) is 10.2. The molecular formula is C6H9N3O3. The van der Waals surface area contributed by atoms with Crippen LogP contribution in [0.2, 0.25) is 0 Å². The van der Waals surface area contributed by atoms with Crippen molar-refractivity contribution in [1.29, 1.82) is 0 Å². The highest BCUT2D eigenvalue weighted by Crippen LogP contribution is 2.19. The Kier molecular flexibility index (Phi) is 2.41. The third-order valence-corrected chi connectivity index (χ3v) is 1.41. The molecule has 1 rings (SSSR count). The molecule has 0 saturated carbocycles. The highest BCUT2D eigenvalue weighted by atomic mass is 16.6. The number of furan rings is 1. The molecule has 0 unspecified atom stereocenters. The summed E-state index contributed by atoms with van der Waals surface area (Å²) < 4.78 is 4.79. The van der Waals surface area contributed by atoms with Crippen LogP contribution >= 0.6 is 0 Å². The minimum atomic E-state index is -0.618. The van der Waals surface area contributed by atoms with Crippen LogP contribution in [-0.4, -0.2) is 11.5 Å². The van der Waals surface area contributed by atoms with E-state index >= 15 is 0 Å². The van der Waals surface area contributed by atoms with Gasteiger partial charge in [0.25, 0.3) is 0 Å². The number of hydrogen-bond acceptors (Lipinski definition) is 5. The summed E-state index contributed by atoms with van der Waals surface area (Å²) in [5.74, 6) is 0.0260. The number of nitrogens with two attached hydrogens (primary N) is 2. The number of hydrogen-bond donors (Lipinski definition) is 2. The summed E-state index contributed by atoms with van der Waals surface area (Å²) in [6, 6.07) is 2.24. The van der Waals surface area contributed by atoms with Gasteiger partial charge in [-0.1, -0.05) is 0 Å². The lowest BCUT2D eigenvalue weighted by atomic mass is 10.2. The third kappa shape index (κ3) is 1.60. The average molecular weight is 171 g/mol. The number of nitro groups is 1. The summed E-state index contributed by atoms with van der Waals surface area (Å²) >= 11 is 0. The van der Waals surface area contributed by atoms with Gasteiger partial charge < -0.3 is 15.9 Å². The Hall–Kier alpha value is -1.40. The highest BCUT2D eigenvalue weighted by Gasteiger charge is 2.15. The van der Waals surface area contributed by atoms with Crippen LogP contribution in [0.15, 0.2) is 16.5 Å². The first-order valence-electron chi connectivity index (χ1n) is 3.35. The van der Waals surface area contributed by atoms with Crippen LogP contribution in [0.1, 0.15) is 11.8 Å². The molecule has 6 nitrogen and oxygen atoms in total. The van der Waals surface area contributed by atoms with Crippen molar-refractivity contribution in [2.24, 2.45) is 11.5 Å². The van der Waals surface area contributed by atoms with Gasteiger partial charge in [-0.25, -0.2) is 0 Å². The van der Waals surface area contributed by atoms with Crippen molar-refractivity contribution < 1.29 is 9.34 Å². The topological polar surface area (TPSA) is 108 Å². The zero-order valence-electron chi connectivity index (χ0n) is 6.27. The van der Waals surface area contributed by atoms with Gasteiger partial charge in [0.1, 0.15) is 10.7 Å². The van der Waals surface area contributed by atoms with E-state index in [1.165, 1.54) is 12.1 Å². The second-order valence-electron chi connectivity index (χ2n) is 2.28. The van der Waals surface area contributed by atoms with Crippen molar-refractivity contribution in [1.82, 2.24) is 0 Å². The second-order valence-corrected chi connectivity index (χ2v) is 2.28. The Morgan fingerprint density at radius 2 is 2.33 bits per heavy atom. The molecule has 66 valence electrons. The van der Waals surface area contributed by atoms with Gasteiger partial charge in [-0.05, 0) is 6.07 Å². The van der Waals surface area contributed by atoms with Gasteiger partial charge in [0.2, 0.25) is 0 Å². The normalized spacial score (nSPS) is 12.8. The van der Waals surface area contributed by atoms with E-state index in [1.807, 2.05) is 0 Å². The Morgan fingerprint density at radius 1 is 1.67 bits per heavy atom. The van der Waals surface area contributed by atoms with E-state index in [1.54, 1.807) is 0 Å². The number of rotatable bonds is 3. The zero-order chi connectivity index (χ0) is 9.14. The maximum absolute atomic E-state index is 10.2. The maximum Gasteiger partial charge on any atom is 0.433 e. The van der Waals surface area contributed by atoms with Crippen molar-refractivity contribution in [3.63, 3.8) is 0 Å². The van der Waals surface area contributed by atoms with E-state index in [9.17, 15) is 10.1 Å².